The summed E-state index contributed by atoms with van der Waals surface area (Å²) in [5, 5.41) is -0.179. The van der Waals surface area contributed by atoms with Gasteiger partial charge in [0.2, 0.25) is 0 Å². The molecule has 0 amide bonds. The van der Waals surface area contributed by atoms with E-state index in [1.54, 1.807) is 6.07 Å². The summed E-state index contributed by atoms with van der Waals surface area (Å²) in [7, 11) is -4.56. The van der Waals surface area contributed by atoms with E-state index in [0.717, 1.165) is 31.4 Å². The van der Waals surface area contributed by atoms with E-state index in [1.807, 2.05) is 4.90 Å². The molecule has 3 aromatic rings. The fourth-order valence-corrected chi connectivity index (χ4v) is 5.24. The number of piperidine rings is 1. The molecular weight excluding hydrogens is 408 g/mol. The van der Waals surface area contributed by atoms with Crippen LogP contribution in [0.3, 0.4) is 0 Å². The number of nitrogens with zero attached hydrogens (tertiary/aromatic N) is 2. The highest BCUT2D eigenvalue weighted by atomic mass is 32.2. The maximum Gasteiger partial charge on any atom is 0.418 e. The Morgan fingerprint density at radius 2 is 1.59 bits per heavy atom. The predicted molar refractivity (Wildman–Crippen MR) is 102 cm³/mol. The van der Waals surface area contributed by atoms with Gasteiger partial charge in [-0.2, -0.15) is 13.2 Å². The van der Waals surface area contributed by atoms with Gasteiger partial charge in [0.25, 0.3) is 10.0 Å². The van der Waals surface area contributed by atoms with E-state index in [2.05, 4.69) is 0 Å². The van der Waals surface area contributed by atoms with E-state index < -0.39 is 32.5 Å². The number of hydrogen-bond acceptors (Lipinski definition) is 3. The molecule has 1 aromatic heterocycles. The van der Waals surface area contributed by atoms with E-state index in [4.69, 9.17) is 0 Å². The molecule has 4 nitrogen and oxygen atoms in total. The Balaban J connectivity index is 2.01. The molecule has 0 aliphatic carbocycles. The summed E-state index contributed by atoms with van der Waals surface area (Å²) in [4.78, 5) is 1.18. The highest BCUT2D eigenvalue weighted by Crippen LogP contribution is 2.42. The van der Waals surface area contributed by atoms with Crippen molar-refractivity contribution in [2.45, 2.75) is 30.3 Å². The Morgan fingerprint density at radius 3 is 2.24 bits per heavy atom. The summed E-state index contributed by atoms with van der Waals surface area (Å²) < 4.78 is 82.3. The molecule has 2 heterocycles. The van der Waals surface area contributed by atoms with Crippen LogP contribution in [0.5, 0.6) is 0 Å². The smallest absolute Gasteiger partial charge is 0.371 e. The number of halogens is 4. The van der Waals surface area contributed by atoms with Crippen LogP contribution in [0.4, 0.5) is 23.2 Å². The Hall–Kier alpha value is -2.55. The molecule has 0 saturated carbocycles. The van der Waals surface area contributed by atoms with Crippen molar-refractivity contribution in [2.24, 2.45) is 0 Å². The van der Waals surface area contributed by atoms with Gasteiger partial charge >= 0.3 is 6.18 Å². The molecule has 29 heavy (non-hydrogen) atoms. The van der Waals surface area contributed by atoms with Crippen LogP contribution in [0.15, 0.2) is 53.6 Å². The number of anilines is 1. The number of aromatic nitrogens is 1. The zero-order valence-electron chi connectivity index (χ0n) is 15.3. The topological polar surface area (TPSA) is 42.3 Å². The second kappa shape index (κ2) is 7.05. The fraction of sp³-hybridized carbons (Fsp3) is 0.300. The number of rotatable bonds is 3. The lowest BCUT2D eigenvalue weighted by atomic mass is 10.1. The lowest BCUT2D eigenvalue weighted by Gasteiger charge is -2.29. The number of benzene rings is 2. The first-order valence-electron chi connectivity index (χ1n) is 9.17. The Morgan fingerprint density at radius 1 is 0.897 bits per heavy atom. The third kappa shape index (κ3) is 3.37. The standard InChI is InChI=1S/C20H18F4N2O2S/c21-15-7-2-3-10-18(15)29(27,28)26-13-14(20(22,23)24)19-16(8-6-9-17(19)26)25-11-4-1-5-12-25/h2-3,6-10,13H,1,4-5,11-12H2. The van der Waals surface area contributed by atoms with Crippen molar-refractivity contribution in [1.29, 1.82) is 0 Å². The summed E-state index contributed by atoms with van der Waals surface area (Å²) in [6.07, 6.45) is -1.50. The van der Waals surface area contributed by atoms with E-state index >= 15 is 0 Å². The molecule has 1 aliphatic heterocycles. The average Bonchev–Trinajstić information content (AvgIpc) is 3.10. The van der Waals surface area contributed by atoms with Gasteiger partial charge in [0.15, 0.2) is 0 Å². The van der Waals surface area contributed by atoms with Gasteiger partial charge in [0.1, 0.15) is 10.7 Å². The molecule has 0 bridgehead atoms. The van der Waals surface area contributed by atoms with Crippen LogP contribution in [0.25, 0.3) is 10.9 Å². The summed E-state index contributed by atoms with van der Waals surface area (Å²) in [6.45, 7) is 1.20. The minimum atomic E-state index is -4.76. The van der Waals surface area contributed by atoms with Crippen molar-refractivity contribution in [3.63, 3.8) is 0 Å². The molecule has 0 N–H and O–H groups in total. The zero-order valence-corrected chi connectivity index (χ0v) is 16.1. The van der Waals surface area contributed by atoms with Crippen molar-refractivity contribution in [2.75, 3.05) is 18.0 Å². The molecule has 4 rings (SSSR count). The van der Waals surface area contributed by atoms with Gasteiger partial charge in [-0.1, -0.05) is 18.2 Å². The van der Waals surface area contributed by atoms with E-state index in [9.17, 15) is 26.0 Å². The molecule has 0 unspecified atom stereocenters. The fourth-order valence-electron chi connectivity index (χ4n) is 3.81. The van der Waals surface area contributed by atoms with E-state index in [1.165, 1.54) is 24.3 Å². The molecule has 0 radical (unpaired) electrons. The molecule has 1 saturated heterocycles. The van der Waals surface area contributed by atoms with Gasteiger partial charge < -0.3 is 4.90 Å². The van der Waals surface area contributed by atoms with Crippen LogP contribution >= 0.6 is 0 Å². The molecule has 2 aromatic carbocycles. The van der Waals surface area contributed by atoms with Gasteiger partial charge in [0, 0.05) is 30.4 Å². The maximum atomic E-state index is 14.2. The van der Waals surface area contributed by atoms with E-state index in [-0.39, 0.29) is 10.9 Å². The van der Waals surface area contributed by atoms with Crippen LogP contribution in [0.1, 0.15) is 24.8 Å². The SMILES string of the molecule is O=S(=O)(c1ccccc1F)n1cc(C(F)(F)F)c2c(N3CCCCC3)cccc21. The Labute approximate surface area is 165 Å². The molecule has 0 spiro atoms. The lowest BCUT2D eigenvalue weighted by molar-refractivity contribution is -0.136. The predicted octanol–water partition coefficient (Wildman–Crippen LogP) is 5.03. The first-order chi connectivity index (χ1) is 13.7. The lowest BCUT2D eigenvalue weighted by Crippen LogP contribution is -2.29. The van der Waals surface area contributed by atoms with Gasteiger partial charge in [-0.3, -0.25) is 0 Å². The molecule has 1 aliphatic rings. The van der Waals surface area contributed by atoms with Gasteiger partial charge in [0.05, 0.1) is 11.1 Å². The summed E-state index contributed by atoms with van der Waals surface area (Å²) >= 11 is 0. The Bertz CT molecular complexity index is 1160. The minimum absolute atomic E-state index is 0.122. The zero-order chi connectivity index (χ0) is 20.8. The first-order valence-corrected chi connectivity index (χ1v) is 10.6. The normalized spacial score (nSPS) is 15.8. The molecule has 9 heteroatoms. The van der Waals surface area contributed by atoms with Gasteiger partial charge in [-0.15, -0.1) is 0 Å². The number of alkyl halides is 3. The Kier molecular flexibility index (Phi) is 4.80. The van der Waals surface area contributed by atoms with Gasteiger partial charge in [-0.05, 0) is 43.5 Å². The highest BCUT2D eigenvalue weighted by Gasteiger charge is 2.38. The van der Waals surface area contributed by atoms with Crippen molar-refractivity contribution >= 4 is 26.6 Å². The average molecular weight is 426 g/mol. The maximum absolute atomic E-state index is 14.2. The highest BCUT2D eigenvalue weighted by molar-refractivity contribution is 7.90. The quantitative estimate of drug-likeness (QED) is 0.552. The molecular formula is C20H18F4N2O2S. The second-order valence-electron chi connectivity index (χ2n) is 6.99. The molecule has 154 valence electrons. The second-order valence-corrected chi connectivity index (χ2v) is 8.77. The number of hydrogen-bond donors (Lipinski definition) is 0. The molecule has 0 atom stereocenters. The minimum Gasteiger partial charge on any atom is -0.371 e. The number of fused-ring (bicyclic) bond motifs is 1. The summed E-state index contributed by atoms with van der Waals surface area (Å²) in [6, 6.07) is 9.06. The van der Waals surface area contributed by atoms with Crippen molar-refractivity contribution < 1.29 is 26.0 Å². The van der Waals surface area contributed by atoms with Gasteiger partial charge in [-0.25, -0.2) is 16.8 Å². The van der Waals surface area contributed by atoms with Crippen LogP contribution in [0, 0.1) is 5.82 Å². The van der Waals surface area contributed by atoms with Crippen LogP contribution in [0.2, 0.25) is 0 Å². The van der Waals surface area contributed by atoms with E-state index in [0.29, 0.717) is 28.9 Å². The molecule has 1 fully saturated rings. The monoisotopic (exact) mass is 426 g/mol. The third-order valence-corrected chi connectivity index (χ3v) is 6.86. The van der Waals surface area contributed by atoms with Crippen molar-refractivity contribution in [1.82, 2.24) is 3.97 Å². The third-order valence-electron chi connectivity index (χ3n) is 5.15. The summed E-state index contributed by atoms with van der Waals surface area (Å²) in [5.41, 5.74) is -0.825. The van der Waals surface area contributed by atoms with Crippen LogP contribution < -0.4 is 4.90 Å². The first kappa shape index (κ1) is 19.8. The largest absolute Gasteiger partial charge is 0.418 e. The van der Waals surface area contributed by atoms with Crippen molar-refractivity contribution in [3.8, 4) is 0 Å². The van der Waals surface area contributed by atoms with Crippen LogP contribution in [-0.4, -0.2) is 25.5 Å². The van der Waals surface area contributed by atoms with Crippen LogP contribution in [-0.2, 0) is 16.2 Å². The van der Waals surface area contributed by atoms with Crippen molar-refractivity contribution in [3.05, 3.63) is 60.0 Å². The summed E-state index contributed by atoms with van der Waals surface area (Å²) in [5.74, 6) is -1.02.